The van der Waals surface area contributed by atoms with Crippen LogP contribution in [0.2, 0.25) is 0 Å². The van der Waals surface area contributed by atoms with Crippen LogP contribution >= 0.6 is 15.9 Å². The first-order valence-corrected chi connectivity index (χ1v) is 7.62. The highest BCUT2D eigenvalue weighted by Gasteiger charge is 2.12. The van der Waals surface area contributed by atoms with E-state index >= 15 is 0 Å². The van der Waals surface area contributed by atoms with Crippen molar-refractivity contribution in [3.8, 4) is 11.4 Å². The smallest absolute Gasteiger partial charge is 0.162 e. The Labute approximate surface area is 131 Å². The van der Waals surface area contributed by atoms with Crippen LogP contribution in [0.1, 0.15) is 12.6 Å². The number of halogens is 1. The average Bonchev–Trinajstić information content (AvgIpc) is 2.51. The zero-order valence-corrected chi connectivity index (χ0v) is 13.5. The summed E-state index contributed by atoms with van der Waals surface area (Å²) in [7, 11) is 0. The SMILES string of the molecule is CCNc1nc(-c2ccnc3ccccc23)nc(C)c1Br. The molecule has 0 amide bonds. The quantitative estimate of drug-likeness (QED) is 0.775. The summed E-state index contributed by atoms with van der Waals surface area (Å²) in [5.74, 6) is 1.53. The van der Waals surface area contributed by atoms with Gasteiger partial charge in [0.2, 0.25) is 0 Å². The molecule has 21 heavy (non-hydrogen) atoms. The number of para-hydroxylation sites is 1. The van der Waals surface area contributed by atoms with Crippen LogP contribution in [0.5, 0.6) is 0 Å². The van der Waals surface area contributed by atoms with Crippen molar-refractivity contribution in [2.75, 3.05) is 11.9 Å². The molecular weight excluding hydrogens is 328 g/mol. The number of fused-ring (bicyclic) bond motifs is 1. The molecule has 0 aliphatic rings. The number of aromatic nitrogens is 3. The summed E-state index contributed by atoms with van der Waals surface area (Å²) in [6.07, 6.45) is 1.80. The normalized spacial score (nSPS) is 10.8. The van der Waals surface area contributed by atoms with Gasteiger partial charge in [0.25, 0.3) is 0 Å². The van der Waals surface area contributed by atoms with Crippen molar-refractivity contribution in [1.82, 2.24) is 15.0 Å². The van der Waals surface area contributed by atoms with E-state index in [0.717, 1.165) is 39.0 Å². The van der Waals surface area contributed by atoms with E-state index in [-0.39, 0.29) is 0 Å². The number of pyridine rings is 1. The third kappa shape index (κ3) is 2.61. The minimum absolute atomic E-state index is 0.713. The highest BCUT2D eigenvalue weighted by molar-refractivity contribution is 9.10. The first-order chi connectivity index (χ1) is 10.2. The molecule has 0 atom stereocenters. The van der Waals surface area contributed by atoms with Gasteiger partial charge in [0.05, 0.1) is 15.7 Å². The van der Waals surface area contributed by atoms with E-state index in [4.69, 9.17) is 0 Å². The maximum Gasteiger partial charge on any atom is 0.162 e. The van der Waals surface area contributed by atoms with E-state index in [9.17, 15) is 0 Å². The van der Waals surface area contributed by atoms with Crippen LogP contribution in [-0.4, -0.2) is 21.5 Å². The first-order valence-electron chi connectivity index (χ1n) is 6.83. The number of anilines is 1. The lowest BCUT2D eigenvalue weighted by Crippen LogP contribution is -2.04. The molecule has 2 aromatic heterocycles. The van der Waals surface area contributed by atoms with Crippen LogP contribution in [0.15, 0.2) is 41.0 Å². The standard InChI is InChI=1S/C16H15BrN4/c1-3-18-16-14(17)10(2)20-15(21-16)12-8-9-19-13-7-5-4-6-11(12)13/h4-9H,3H2,1-2H3,(H,18,20,21). The number of aryl methyl sites for hydroxylation is 1. The fourth-order valence-corrected chi connectivity index (χ4v) is 2.57. The summed E-state index contributed by atoms with van der Waals surface area (Å²) < 4.78 is 0.909. The number of hydrogen-bond donors (Lipinski definition) is 1. The van der Waals surface area contributed by atoms with Gasteiger partial charge in [0.1, 0.15) is 5.82 Å². The highest BCUT2D eigenvalue weighted by Crippen LogP contribution is 2.29. The monoisotopic (exact) mass is 342 g/mol. The topological polar surface area (TPSA) is 50.7 Å². The Morgan fingerprint density at radius 3 is 2.76 bits per heavy atom. The Kier molecular flexibility index (Phi) is 3.84. The van der Waals surface area contributed by atoms with Crippen molar-refractivity contribution in [3.63, 3.8) is 0 Å². The van der Waals surface area contributed by atoms with E-state index in [1.807, 2.05) is 44.2 Å². The number of rotatable bonds is 3. The summed E-state index contributed by atoms with van der Waals surface area (Å²) in [5.41, 5.74) is 2.86. The summed E-state index contributed by atoms with van der Waals surface area (Å²) in [5, 5.41) is 4.32. The van der Waals surface area contributed by atoms with Crippen LogP contribution in [-0.2, 0) is 0 Å². The van der Waals surface area contributed by atoms with E-state index < -0.39 is 0 Å². The van der Waals surface area contributed by atoms with Gasteiger partial charge in [-0.05, 0) is 41.9 Å². The predicted molar refractivity (Wildman–Crippen MR) is 89.4 cm³/mol. The van der Waals surface area contributed by atoms with E-state index in [0.29, 0.717) is 5.82 Å². The molecule has 3 rings (SSSR count). The Bertz CT molecular complexity index is 796. The lowest BCUT2D eigenvalue weighted by atomic mass is 10.1. The van der Waals surface area contributed by atoms with E-state index in [1.54, 1.807) is 6.20 Å². The third-order valence-electron chi connectivity index (χ3n) is 3.25. The van der Waals surface area contributed by atoms with E-state index in [2.05, 4.69) is 36.2 Å². The molecule has 0 bridgehead atoms. The molecule has 4 nitrogen and oxygen atoms in total. The molecule has 0 aliphatic heterocycles. The first kappa shape index (κ1) is 13.9. The van der Waals surface area contributed by atoms with Crippen molar-refractivity contribution < 1.29 is 0 Å². The molecule has 0 unspecified atom stereocenters. The minimum atomic E-state index is 0.713. The lowest BCUT2D eigenvalue weighted by molar-refractivity contribution is 1.07. The van der Waals surface area contributed by atoms with Crippen molar-refractivity contribution >= 4 is 32.7 Å². The second-order valence-electron chi connectivity index (χ2n) is 4.70. The molecule has 3 aromatic rings. The molecule has 0 spiro atoms. The van der Waals surface area contributed by atoms with Gasteiger partial charge in [0.15, 0.2) is 5.82 Å². The van der Waals surface area contributed by atoms with Gasteiger partial charge >= 0.3 is 0 Å². The Morgan fingerprint density at radius 1 is 1.14 bits per heavy atom. The Balaban J connectivity index is 2.23. The summed E-state index contributed by atoms with van der Waals surface area (Å²) in [6, 6.07) is 9.99. The van der Waals surface area contributed by atoms with Crippen LogP contribution in [0.25, 0.3) is 22.3 Å². The largest absolute Gasteiger partial charge is 0.369 e. The van der Waals surface area contributed by atoms with Gasteiger partial charge in [0, 0.05) is 23.7 Å². The molecule has 0 fully saturated rings. The second-order valence-corrected chi connectivity index (χ2v) is 5.49. The van der Waals surface area contributed by atoms with Crippen LogP contribution in [0, 0.1) is 6.92 Å². The fraction of sp³-hybridized carbons (Fsp3) is 0.188. The fourth-order valence-electron chi connectivity index (χ4n) is 2.26. The highest BCUT2D eigenvalue weighted by atomic mass is 79.9. The maximum atomic E-state index is 4.65. The van der Waals surface area contributed by atoms with Crippen molar-refractivity contribution in [2.45, 2.75) is 13.8 Å². The van der Waals surface area contributed by atoms with Crippen LogP contribution in [0.4, 0.5) is 5.82 Å². The van der Waals surface area contributed by atoms with Crippen LogP contribution < -0.4 is 5.32 Å². The molecule has 1 N–H and O–H groups in total. The third-order valence-corrected chi connectivity index (χ3v) is 4.20. The zero-order chi connectivity index (χ0) is 14.8. The number of nitrogens with one attached hydrogen (secondary N) is 1. The number of hydrogen-bond acceptors (Lipinski definition) is 4. The maximum absolute atomic E-state index is 4.65. The molecule has 106 valence electrons. The molecule has 0 saturated heterocycles. The van der Waals surface area contributed by atoms with Gasteiger partial charge in [-0.25, -0.2) is 9.97 Å². The van der Waals surface area contributed by atoms with Crippen molar-refractivity contribution in [2.24, 2.45) is 0 Å². The summed E-state index contributed by atoms with van der Waals surface area (Å²) in [6.45, 7) is 4.83. The van der Waals surface area contributed by atoms with Crippen LogP contribution in [0.3, 0.4) is 0 Å². The molecule has 1 aromatic carbocycles. The van der Waals surface area contributed by atoms with Crippen molar-refractivity contribution in [3.05, 3.63) is 46.7 Å². The molecule has 0 saturated carbocycles. The predicted octanol–water partition coefficient (Wildman–Crippen LogP) is 4.19. The number of benzene rings is 1. The molecule has 5 heteroatoms. The Hall–Kier alpha value is -2.01. The number of nitrogens with zero attached hydrogens (tertiary/aromatic N) is 3. The molecule has 2 heterocycles. The van der Waals surface area contributed by atoms with Gasteiger partial charge in [-0.2, -0.15) is 0 Å². The summed E-state index contributed by atoms with van der Waals surface area (Å²) >= 11 is 3.54. The van der Waals surface area contributed by atoms with Gasteiger partial charge < -0.3 is 5.32 Å². The van der Waals surface area contributed by atoms with Crippen molar-refractivity contribution in [1.29, 1.82) is 0 Å². The van der Waals surface area contributed by atoms with Gasteiger partial charge in [-0.3, -0.25) is 4.98 Å². The molecule has 0 aliphatic carbocycles. The van der Waals surface area contributed by atoms with Gasteiger partial charge in [-0.15, -0.1) is 0 Å². The zero-order valence-electron chi connectivity index (χ0n) is 11.9. The molecule has 0 radical (unpaired) electrons. The van der Waals surface area contributed by atoms with E-state index in [1.165, 1.54) is 0 Å². The average molecular weight is 343 g/mol. The summed E-state index contributed by atoms with van der Waals surface area (Å²) in [4.78, 5) is 13.6. The second kappa shape index (κ2) is 5.77. The Morgan fingerprint density at radius 2 is 1.95 bits per heavy atom. The van der Waals surface area contributed by atoms with Gasteiger partial charge in [-0.1, -0.05) is 18.2 Å². The molecular formula is C16H15BrN4. The lowest BCUT2D eigenvalue weighted by Gasteiger charge is -2.11. The minimum Gasteiger partial charge on any atom is -0.369 e.